The van der Waals surface area contributed by atoms with Crippen LogP contribution in [0.2, 0.25) is 0 Å². The molecule has 5 nitrogen and oxygen atoms in total. The van der Waals surface area contributed by atoms with Gasteiger partial charge in [-0.15, -0.1) is 0 Å². The third-order valence-corrected chi connectivity index (χ3v) is 2.12. The van der Waals surface area contributed by atoms with Crippen LogP contribution in [0.15, 0.2) is 23.1 Å². The summed E-state index contributed by atoms with van der Waals surface area (Å²) in [7, 11) is -2.82. The normalized spacial score (nSPS) is 10.2. The number of aromatic hydroxyl groups is 1. The molecule has 0 aliphatic rings. The van der Waals surface area contributed by atoms with Crippen molar-refractivity contribution in [1.29, 1.82) is 0 Å². The fraction of sp³-hybridized carbons (Fsp3) is 0. The van der Waals surface area contributed by atoms with Crippen LogP contribution in [0.1, 0.15) is 10.4 Å². The fourth-order valence-electron chi connectivity index (χ4n) is 0.809. The second kappa shape index (κ2) is 3.44. The molecular formula is C7H6O5S. The molecule has 0 aliphatic carbocycles. The van der Waals surface area contributed by atoms with E-state index in [1.807, 2.05) is 0 Å². The summed E-state index contributed by atoms with van der Waals surface area (Å²) in [6.45, 7) is 0. The molecule has 0 spiro atoms. The predicted molar refractivity (Wildman–Crippen MR) is 43.6 cm³/mol. The minimum Gasteiger partial charge on any atom is -0.507 e. The molecule has 70 valence electrons. The van der Waals surface area contributed by atoms with Gasteiger partial charge in [-0.2, -0.15) is 0 Å². The van der Waals surface area contributed by atoms with E-state index in [0.717, 1.165) is 18.2 Å². The first kappa shape index (κ1) is 9.53. The molecule has 6 heteroatoms. The second-order valence-electron chi connectivity index (χ2n) is 2.26. The Bertz CT molecular complexity index is 413. The van der Waals surface area contributed by atoms with E-state index >= 15 is 0 Å². The highest BCUT2D eigenvalue weighted by atomic mass is 32.2. The van der Waals surface area contributed by atoms with Gasteiger partial charge in [-0.05, 0) is 18.2 Å². The lowest BCUT2D eigenvalue weighted by Gasteiger charge is -1.98. The molecular weight excluding hydrogens is 196 g/mol. The first-order chi connectivity index (χ1) is 6.02. The number of rotatable bonds is 2. The number of hydrogen-bond acceptors (Lipinski definition) is 4. The summed E-state index contributed by atoms with van der Waals surface area (Å²) in [5.41, 5.74) is -0.420. The molecule has 0 heterocycles. The van der Waals surface area contributed by atoms with Gasteiger partial charge in [0.15, 0.2) is 10.7 Å². The summed E-state index contributed by atoms with van der Waals surface area (Å²) < 4.78 is 20.9. The van der Waals surface area contributed by atoms with Gasteiger partial charge in [-0.3, -0.25) is 0 Å². The molecule has 13 heavy (non-hydrogen) atoms. The van der Waals surface area contributed by atoms with Gasteiger partial charge in [-0.1, -0.05) is 0 Å². The summed E-state index contributed by atoms with van der Waals surface area (Å²) in [6, 6.07) is 3.07. The highest BCUT2D eigenvalue weighted by molar-refractivity contribution is 7.72. The molecule has 0 amide bonds. The molecule has 0 atom stereocenters. The number of aromatic carboxylic acids is 1. The van der Waals surface area contributed by atoms with Crippen LogP contribution in [-0.2, 0) is 10.7 Å². The monoisotopic (exact) mass is 202 g/mol. The van der Waals surface area contributed by atoms with Gasteiger partial charge < -0.3 is 10.2 Å². The molecule has 0 aromatic heterocycles. The van der Waals surface area contributed by atoms with Crippen molar-refractivity contribution >= 4 is 16.7 Å². The zero-order chi connectivity index (χ0) is 10.0. The van der Waals surface area contributed by atoms with Crippen molar-refractivity contribution in [3.63, 3.8) is 0 Å². The lowest BCUT2D eigenvalue weighted by atomic mass is 10.2. The Kier molecular flexibility index (Phi) is 2.52. The lowest BCUT2D eigenvalue weighted by Crippen LogP contribution is -1.97. The Morgan fingerprint density at radius 3 is 2.38 bits per heavy atom. The number of benzene rings is 1. The highest BCUT2D eigenvalue weighted by Crippen LogP contribution is 2.18. The Labute approximate surface area is 75.2 Å². The van der Waals surface area contributed by atoms with E-state index in [2.05, 4.69) is 0 Å². The average Bonchev–Trinajstić information content (AvgIpc) is 2.04. The quantitative estimate of drug-likeness (QED) is 0.590. The van der Waals surface area contributed by atoms with Crippen LogP contribution in [0.4, 0.5) is 0 Å². The van der Waals surface area contributed by atoms with Gasteiger partial charge in [0.25, 0.3) is 0 Å². The van der Waals surface area contributed by atoms with Crippen molar-refractivity contribution in [3.05, 3.63) is 23.8 Å². The van der Waals surface area contributed by atoms with Gasteiger partial charge >= 0.3 is 5.97 Å². The third-order valence-electron chi connectivity index (χ3n) is 1.42. The first-order valence-corrected chi connectivity index (χ1v) is 4.41. The summed E-state index contributed by atoms with van der Waals surface area (Å²) in [6.07, 6.45) is 0. The Morgan fingerprint density at radius 2 is 1.92 bits per heavy atom. The predicted octanol–water partition coefficient (Wildman–Crippen LogP) is 0.0607. The van der Waals surface area contributed by atoms with Crippen LogP contribution in [0.5, 0.6) is 5.75 Å². The largest absolute Gasteiger partial charge is 0.507 e. The number of carboxylic acid groups (broad SMARTS) is 1. The highest BCUT2D eigenvalue weighted by Gasteiger charge is 2.10. The Morgan fingerprint density at radius 1 is 1.31 bits per heavy atom. The maximum Gasteiger partial charge on any atom is 0.339 e. The van der Waals surface area contributed by atoms with Crippen LogP contribution in [-0.4, -0.2) is 24.6 Å². The van der Waals surface area contributed by atoms with Crippen molar-refractivity contribution in [2.24, 2.45) is 0 Å². The summed E-state index contributed by atoms with van der Waals surface area (Å²) in [5, 5.41) is 17.5. The molecule has 0 unspecified atom stereocenters. The van der Waals surface area contributed by atoms with E-state index in [9.17, 15) is 13.2 Å². The SMILES string of the molecule is O=C(O)c1cc([SH](=O)=O)ccc1O. The minimum atomic E-state index is -2.82. The number of carboxylic acids is 1. The van der Waals surface area contributed by atoms with Gasteiger partial charge in [0, 0.05) is 0 Å². The maximum atomic E-state index is 10.4. The molecule has 1 aromatic rings. The van der Waals surface area contributed by atoms with Gasteiger partial charge in [0.2, 0.25) is 0 Å². The summed E-state index contributed by atoms with van der Waals surface area (Å²) in [5.74, 6) is -1.82. The maximum absolute atomic E-state index is 10.4. The molecule has 1 rings (SSSR count). The lowest BCUT2D eigenvalue weighted by molar-refractivity contribution is 0.0693. The van der Waals surface area contributed by atoms with Crippen LogP contribution in [0, 0.1) is 0 Å². The smallest absolute Gasteiger partial charge is 0.339 e. The molecule has 0 aliphatic heterocycles. The van der Waals surface area contributed by atoms with Gasteiger partial charge in [0.1, 0.15) is 11.3 Å². The molecule has 0 bridgehead atoms. The van der Waals surface area contributed by atoms with Crippen molar-refractivity contribution < 1.29 is 23.4 Å². The van der Waals surface area contributed by atoms with Crippen LogP contribution < -0.4 is 0 Å². The Balaban J connectivity index is 3.35. The number of phenols is 1. The van der Waals surface area contributed by atoms with Crippen molar-refractivity contribution in [2.45, 2.75) is 4.90 Å². The van der Waals surface area contributed by atoms with Gasteiger partial charge in [0.05, 0.1) is 4.90 Å². The zero-order valence-corrected chi connectivity index (χ0v) is 7.19. The molecule has 0 saturated heterocycles. The van der Waals surface area contributed by atoms with Gasteiger partial charge in [-0.25, -0.2) is 13.2 Å². The topological polar surface area (TPSA) is 91.7 Å². The van der Waals surface area contributed by atoms with Crippen molar-refractivity contribution in [1.82, 2.24) is 0 Å². The van der Waals surface area contributed by atoms with Crippen LogP contribution in [0.3, 0.4) is 0 Å². The standard InChI is InChI=1S/C7H6O5S/c8-6-2-1-4(13(11)12)3-5(6)7(9)10/h1-3,8,13H,(H,9,10). The molecule has 0 saturated carbocycles. The fourth-order valence-corrected chi connectivity index (χ4v) is 1.24. The summed E-state index contributed by atoms with van der Waals surface area (Å²) in [4.78, 5) is 10.3. The molecule has 2 N–H and O–H groups in total. The average molecular weight is 202 g/mol. The van der Waals surface area contributed by atoms with E-state index in [1.165, 1.54) is 0 Å². The number of carbonyl (C=O) groups is 1. The first-order valence-electron chi connectivity index (χ1n) is 3.23. The molecule has 0 radical (unpaired) electrons. The van der Waals surface area contributed by atoms with E-state index in [4.69, 9.17) is 10.2 Å². The number of thiol groups is 1. The zero-order valence-electron chi connectivity index (χ0n) is 6.30. The number of hydrogen-bond donors (Lipinski definition) is 3. The van der Waals surface area contributed by atoms with Crippen LogP contribution in [0.25, 0.3) is 0 Å². The molecule has 1 aromatic carbocycles. The minimum absolute atomic E-state index is 0.134. The van der Waals surface area contributed by atoms with E-state index in [-0.39, 0.29) is 4.90 Å². The van der Waals surface area contributed by atoms with Crippen LogP contribution >= 0.6 is 0 Å². The summed E-state index contributed by atoms with van der Waals surface area (Å²) >= 11 is 0. The molecule has 0 fully saturated rings. The van der Waals surface area contributed by atoms with Crippen molar-refractivity contribution in [3.8, 4) is 5.75 Å². The van der Waals surface area contributed by atoms with E-state index in [0.29, 0.717) is 0 Å². The second-order valence-corrected chi connectivity index (χ2v) is 3.29. The van der Waals surface area contributed by atoms with E-state index in [1.54, 1.807) is 0 Å². The van der Waals surface area contributed by atoms with E-state index < -0.39 is 28.0 Å². The van der Waals surface area contributed by atoms with Crippen molar-refractivity contribution in [2.75, 3.05) is 0 Å². The Hall–Kier alpha value is -1.56. The third kappa shape index (κ3) is 1.97.